The number of benzene rings is 2. The summed E-state index contributed by atoms with van der Waals surface area (Å²) >= 11 is 0. The van der Waals surface area contributed by atoms with Gasteiger partial charge in [-0.3, -0.25) is 0 Å². The minimum Gasteiger partial charge on any atom is -0.497 e. The van der Waals surface area contributed by atoms with Crippen LogP contribution in [-0.4, -0.2) is 19.2 Å². The first-order valence-electron chi connectivity index (χ1n) is 8.88. The van der Waals surface area contributed by atoms with Crippen molar-refractivity contribution in [2.75, 3.05) is 7.11 Å². The van der Waals surface area contributed by atoms with Crippen molar-refractivity contribution in [3.8, 4) is 5.75 Å². The third kappa shape index (κ3) is 4.13. The molecule has 0 aliphatic heterocycles. The number of carbonyl (C=O) groups excluding carboxylic acids is 1. The molecule has 1 saturated carbocycles. The number of hydrogen-bond donors (Lipinski definition) is 2. The summed E-state index contributed by atoms with van der Waals surface area (Å²) in [5.41, 5.74) is 2.13. The number of methoxy groups -OCH3 is 1. The Kier molecular flexibility index (Phi) is 5.27. The molecule has 4 heteroatoms. The van der Waals surface area contributed by atoms with Gasteiger partial charge < -0.3 is 15.4 Å². The van der Waals surface area contributed by atoms with Crippen molar-refractivity contribution in [2.24, 2.45) is 0 Å². The molecule has 1 fully saturated rings. The summed E-state index contributed by atoms with van der Waals surface area (Å²) in [6, 6.07) is 18.2. The van der Waals surface area contributed by atoms with Crippen LogP contribution >= 0.6 is 0 Å². The molecule has 0 heterocycles. The largest absolute Gasteiger partial charge is 0.497 e. The lowest BCUT2D eigenvalue weighted by molar-refractivity contribution is 0.175. The van der Waals surface area contributed by atoms with Crippen LogP contribution in [-0.2, 0) is 12.0 Å². The van der Waals surface area contributed by atoms with Crippen LogP contribution in [0.3, 0.4) is 0 Å². The van der Waals surface area contributed by atoms with Crippen LogP contribution in [0.5, 0.6) is 5.75 Å². The van der Waals surface area contributed by atoms with Crippen molar-refractivity contribution in [1.82, 2.24) is 10.6 Å². The fraction of sp³-hybridized carbons (Fsp3) is 0.381. The lowest BCUT2D eigenvalue weighted by atomic mass is 9.72. The maximum absolute atomic E-state index is 12.5. The molecule has 1 unspecified atom stereocenters. The summed E-state index contributed by atoms with van der Waals surface area (Å²) in [6.45, 7) is 2.02. The van der Waals surface area contributed by atoms with E-state index in [-0.39, 0.29) is 17.6 Å². The van der Waals surface area contributed by atoms with Crippen molar-refractivity contribution in [3.63, 3.8) is 0 Å². The zero-order chi connectivity index (χ0) is 17.7. The third-order valence-electron chi connectivity index (χ3n) is 4.94. The lowest BCUT2D eigenvalue weighted by Crippen LogP contribution is -2.55. The fourth-order valence-electron chi connectivity index (χ4n) is 3.45. The highest BCUT2D eigenvalue weighted by molar-refractivity contribution is 5.75. The molecule has 0 bridgehead atoms. The number of amides is 2. The van der Waals surface area contributed by atoms with Gasteiger partial charge in [-0.1, -0.05) is 42.5 Å². The van der Waals surface area contributed by atoms with Gasteiger partial charge in [-0.25, -0.2) is 4.79 Å². The Morgan fingerprint density at radius 2 is 1.92 bits per heavy atom. The normalized spacial score (nSPS) is 16.4. The van der Waals surface area contributed by atoms with Gasteiger partial charge in [0.15, 0.2) is 0 Å². The van der Waals surface area contributed by atoms with E-state index in [2.05, 4.69) is 28.8 Å². The Morgan fingerprint density at radius 1 is 1.16 bits per heavy atom. The number of hydrogen-bond acceptors (Lipinski definition) is 2. The second kappa shape index (κ2) is 7.60. The summed E-state index contributed by atoms with van der Waals surface area (Å²) in [4.78, 5) is 12.5. The molecule has 0 saturated heterocycles. The van der Waals surface area contributed by atoms with Crippen molar-refractivity contribution in [2.45, 2.75) is 44.2 Å². The Balaban J connectivity index is 1.58. The Bertz CT molecular complexity index is 711. The molecule has 3 rings (SSSR count). The molecule has 1 aliphatic rings. The van der Waals surface area contributed by atoms with Crippen LogP contribution in [0.4, 0.5) is 4.79 Å². The second-order valence-corrected chi connectivity index (χ2v) is 6.86. The minimum atomic E-state index is -0.207. The molecule has 2 N–H and O–H groups in total. The molecule has 2 aromatic rings. The van der Waals surface area contributed by atoms with E-state index in [9.17, 15) is 4.79 Å². The number of ether oxygens (including phenoxy) is 1. The van der Waals surface area contributed by atoms with E-state index in [1.54, 1.807) is 7.11 Å². The zero-order valence-electron chi connectivity index (χ0n) is 14.9. The fourth-order valence-corrected chi connectivity index (χ4v) is 3.45. The van der Waals surface area contributed by atoms with Crippen molar-refractivity contribution >= 4 is 6.03 Å². The van der Waals surface area contributed by atoms with Gasteiger partial charge in [0.1, 0.15) is 5.75 Å². The van der Waals surface area contributed by atoms with Crippen molar-refractivity contribution in [3.05, 3.63) is 65.7 Å². The molecule has 4 nitrogen and oxygen atoms in total. The maximum Gasteiger partial charge on any atom is 0.315 e. The standard InChI is InChI=1S/C21H26N2O2/c1-16(14-17-8-6-11-19(15-17)25-2)22-20(24)23-21(12-7-13-21)18-9-4-3-5-10-18/h3-6,8-11,15-16H,7,12-14H2,1-2H3,(H2,22,23,24). The number of carbonyl (C=O) groups is 1. The van der Waals surface area contributed by atoms with Crippen LogP contribution in [0.15, 0.2) is 54.6 Å². The zero-order valence-corrected chi connectivity index (χ0v) is 14.9. The summed E-state index contributed by atoms with van der Waals surface area (Å²) in [7, 11) is 1.66. The van der Waals surface area contributed by atoms with E-state index in [1.807, 2.05) is 43.3 Å². The monoisotopic (exact) mass is 338 g/mol. The number of urea groups is 1. The smallest absolute Gasteiger partial charge is 0.315 e. The molecule has 0 radical (unpaired) electrons. The van der Waals surface area contributed by atoms with Gasteiger partial charge in [-0.2, -0.15) is 0 Å². The average molecular weight is 338 g/mol. The Morgan fingerprint density at radius 3 is 2.56 bits per heavy atom. The van der Waals surface area contributed by atoms with Crippen LogP contribution in [0.2, 0.25) is 0 Å². The van der Waals surface area contributed by atoms with Gasteiger partial charge in [0.25, 0.3) is 0 Å². The van der Waals surface area contributed by atoms with Crippen LogP contribution in [0.1, 0.15) is 37.3 Å². The minimum absolute atomic E-state index is 0.0417. The molecule has 0 aromatic heterocycles. The molecular formula is C21H26N2O2. The van der Waals surface area contributed by atoms with Crippen LogP contribution in [0.25, 0.3) is 0 Å². The molecule has 1 aliphatic carbocycles. The van der Waals surface area contributed by atoms with Gasteiger partial charge in [0.2, 0.25) is 0 Å². The maximum atomic E-state index is 12.5. The van der Waals surface area contributed by atoms with Crippen molar-refractivity contribution in [1.29, 1.82) is 0 Å². The topological polar surface area (TPSA) is 50.4 Å². The Hall–Kier alpha value is -2.49. The molecular weight excluding hydrogens is 312 g/mol. The van der Waals surface area contributed by atoms with Gasteiger partial charge in [-0.15, -0.1) is 0 Å². The predicted octanol–water partition coefficient (Wildman–Crippen LogP) is 4.00. The first-order chi connectivity index (χ1) is 12.1. The molecule has 1 atom stereocenters. The van der Waals surface area contributed by atoms with Gasteiger partial charge >= 0.3 is 6.03 Å². The summed E-state index contributed by atoms with van der Waals surface area (Å²) in [5, 5.41) is 6.28. The van der Waals surface area contributed by atoms with E-state index < -0.39 is 0 Å². The van der Waals surface area contributed by atoms with E-state index in [0.29, 0.717) is 0 Å². The van der Waals surface area contributed by atoms with Crippen LogP contribution in [0, 0.1) is 0 Å². The van der Waals surface area contributed by atoms with Crippen molar-refractivity contribution < 1.29 is 9.53 Å². The van der Waals surface area contributed by atoms with Crippen LogP contribution < -0.4 is 15.4 Å². The van der Waals surface area contributed by atoms with E-state index in [0.717, 1.165) is 37.0 Å². The number of rotatable bonds is 6. The lowest BCUT2D eigenvalue weighted by Gasteiger charge is -2.43. The van der Waals surface area contributed by atoms with Gasteiger partial charge in [0.05, 0.1) is 12.6 Å². The first kappa shape index (κ1) is 17.3. The molecule has 2 amide bonds. The predicted molar refractivity (Wildman–Crippen MR) is 99.8 cm³/mol. The summed E-state index contributed by atoms with van der Waals surface area (Å²) in [6.07, 6.45) is 3.90. The highest BCUT2D eigenvalue weighted by Gasteiger charge is 2.40. The summed E-state index contributed by atoms with van der Waals surface area (Å²) in [5.74, 6) is 0.839. The van der Waals surface area contributed by atoms with E-state index in [1.165, 1.54) is 5.56 Å². The molecule has 25 heavy (non-hydrogen) atoms. The number of nitrogens with one attached hydrogen (secondary N) is 2. The molecule has 0 spiro atoms. The SMILES string of the molecule is COc1cccc(CC(C)NC(=O)NC2(c3ccccc3)CCC2)c1. The Labute approximate surface area is 149 Å². The summed E-state index contributed by atoms with van der Waals surface area (Å²) < 4.78 is 5.25. The first-order valence-corrected chi connectivity index (χ1v) is 8.88. The molecule has 132 valence electrons. The molecule has 2 aromatic carbocycles. The highest BCUT2D eigenvalue weighted by atomic mass is 16.5. The second-order valence-electron chi connectivity index (χ2n) is 6.86. The van der Waals surface area contributed by atoms with E-state index >= 15 is 0 Å². The highest BCUT2D eigenvalue weighted by Crippen LogP contribution is 2.41. The van der Waals surface area contributed by atoms with E-state index in [4.69, 9.17) is 4.74 Å². The average Bonchev–Trinajstić information content (AvgIpc) is 2.59. The van der Waals surface area contributed by atoms with Gasteiger partial charge in [0, 0.05) is 6.04 Å². The van der Waals surface area contributed by atoms with Gasteiger partial charge in [-0.05, 0) is 55.9 Å². The quantitative estimate of drug-likeness (QED) is 0.836. The third-order valence-corrected chi connectivity index (χ3v) is 4.94.